The van der Waals surface area contributed by atoms with Crippen molar-refractivity contribution in [3.63, 3.8) is 0 Å². The van der Waals surface area contributed by atoms with Gasteiger partial charge in [0.1, 0.15) is 6.04 Å². The molecule has 86 valence electrons. The lowest BCUT2D eigenvalue weighted by atomic mass is 10.0. The van der Waals surface area contributed by atoms with E-state index in [1.807, 2.05) is 0 Å². The topological polar surface area (TPSA) is 92.4 Å². The van der Waals surface area contributed by atoms with Gasteiger partial charge in [0.2, 0.25) is 5.91 Å². The van der Waals surface area contributed by atoms with Gasteiger partial charge in [-0.1, -0.05) is 19.9 Å². The molecule has 0 aromatic rings. The van der Waals surface area contributed by atoms with Crippen LogP contribution in [0, 0.1) is 5.92 Å². The van der Waals surface area contributed by atoms with E-state index in [1.54, 1.807) is 13.8 Å². The molecule has 0 saturated carbocycles. The molecule has 0 aliphatic heterocycles. The van der Waals surface area contributed by atoms with Crippen molar-refractivity contribution in [2.24, 2.45) is 11.7 Å². The third-order valence-electron chi connectivity index (χ3n) is 2.04. The minimum absolute atomic E-state index is 0.0248. The van der Waals surface area contributed by atoms with Crippen LogP contribution in [0.3, 0.4) is 0 Å². The molecule has 0 spiro atoms. The fraction of sp³-hybridized carbons (Fsp3) is 0.600. The minimum Gasteiger partial charge on any atom is -0.480 e. The highest BCUT2D eigenvalue weighted by Crippen LogP contribution is 2.00. The van der Waals surface area contributed by atoms with Crippen LogP contribution in [-0.2, 0) is 9.59 Å². The standard InChI is InChI=1S/C10H18N2O3/c1-4-5-7(10(14)15)12-9(13)8(11)6(2)3/h4,6-8H,1,5,11H2,2-3H3,(H,12,13)(H,14,15). The average Bonchev–Trinajstić information content (AvgIpc) is 2.15. The first-order valence-electron chi connectivity index (χ1n) is 4.79. The van der Waals surface area contributed by atoms with E-state index < -0.39 is 24.0 Å². The number of carbonyl (C=O) groups excluding carboxylic acids is 1. The molecule has 0 heterocycles. The van der Waals surface area contributed by atoms with Gasteiger partial charge in [0.05, 0.1) is 6.04 Å². The molecule has 0 saturated heterocycles. The van der Waals surface area contributed by atoms with Crippen LogP contribution >= 0.6 is 0 Å². The second-order valence-corrected chi connectivity index (χ2v) is 3.69. The van der Waals surface area contributed by atoms with Crippen molar-refractivity contribution >= 4 is 11.9 Å². The molecular weight excluding hydrogens is 196 g/mol. The number of aliphatic carboxylic acids is 1. The second-order valence-electron chi connectivity index (χ2n) is 3.69. The SMILES string of the molecule is C=CCC(NC(=O)C(N)C(C)C)C(=O)O. The zero-order chi connectivity index (χ0) is 12.0. The number of amides is 1. The van der Waals surface area contributed by atoms with E-state index in [-0.39, 0.29) is 12.3 Å². The highest BCUT2D eigenvalue weighted by molar-refractivity contribution is 5.86. The van der Waals surface area contributed by atoms with Crippen molar-refractivity contribution in [1.29, 1.82) is 0 Å². The third kappa shape index (κ3) is 4.60. The third-order valence-corrected chi connectivity index (χ3v) is 2.04. The van der Waals surface area contributed by atoms with Crippen LogP contribution in [0.4, 0.5) is 0 Å². The first-order chi connectivity index (χ1) is 6.90. The maximum atomic E-state index is 11.4. The number of nitrogens with two attached hydrogens (primary N) is 1. The van der Waals surface area contributed by atoms with Crippen LogP contribution in [-0.4, -0.2) is 29.1 Å². The van der Waals surface area contributed by atoms with Crippen LogP contribution in [0.15, 0.2) is 12.7 Å². The Morgan fingerprint density at radius 3 is 2.40 bits per heavy atom. The van der Waals surface area contributed by atoms with Gasteiger partial charge in [0, 0.05) is 0 Å². The van der Waals surface area contributed by atoms with Crippen LogP contribution in [0.5, 0.6) is 0 Å². The quantitative estimate of drug-likeness (QED) is 0.547. The maximum absolute atomic E-state index is 11.4. The smallest absolute Gasteiger partial charge is 0.326 e. The number of nitrogens with one attached hydrogen (secondary N) is 1. The molecular formula is C10H18N2O3. The summed E-state index contributed by atoms with van der Waals surface area (Å²) in [7, 11) is 0. The van der Waals surface area contributed by atoms with Crippen molar-refractivity contribution in [2.45, 2.75) is 32.4 Å². The van der Waals surface area contributed by atoms with Crippen LogP contribution in [0.25, 0.3) is 0 Å². The molecule has 0 aliphatic rings. The first-order valence-corrected chi connectivity index (χ1v) is 4.79. The van der Waals surface area contributed by atoms with E-state index in [1.165, 1.54) is 6.08 Å². The van der Waals surface area contributed by atoms with Crippen molar-refractivity contribution in [1.82, 2.24) is 5.32 Å². The predicted molar refractivity (Wildman–Crippen MR) is 57.2 cm³/mol. The lowest BCUT2D eigenvalue weighted by Gasteiger charge is -2.18. The van der Waals surface area contributed by atoms with E-state index in [0.29, 0.717) is 0 Å². The molecule has 5 heteroatoms. The molecule has 0 bridgehead atoms. The van der Waals surface area contributed by atoms with E-state index in [4.69, 9.17) is 10.8 Å². The van der Waals surface area contributed by atoms with Gasteiger partial charge in [-0.3, -0.25) is 4.79 Å². The molecule has 0 fully saturated rings. The van der Waals surface area contributed by atoms with Gasteiger partial charge in [0.15, 0.2) is 0 Å². The summed E-state index contributed by atoms with van der Waals surface area (Å²) in [6, 6.07) is -1.63. The van der Waals surface area contributed by atoms with Gasteiger partial charge in [-0.25, -0.2) is 4.79 Å². The van der Waals surface area contributed by atoms with Crippen molar-refractivity contribution in [3.8, 4) is 0 Å². The fourth-order valence-corrected chi connectivity index (χ4v) is 0.959. The molecule has 5 nitrogen and oxygen atoms in total. The Morgan fingerprint density at radius 2 is 2.07 bits per heavy atom. The number of carbonyl (C=O) groups is 2. The van der Waals surface area contributed by atoms with Gasteiger partial charge < -0.3 is 16.2 Å². The van der Waals surface area contributed by atoms with E-state index >= 15 is 0 Å². The molecule has 0 aromatic carbocycles. The fourth-order valence-electron chi connectivity index (χ4n) is 0.959. The normalized spacial score (nSPS) is 14.4. The Bertz CT molecular complexity index is 251. The lowest BCUT2D eigenvalue weighted by molar-refractivity contribution is -0.142. The van der Waals surface area contributed by atoms with Gasteiger partial charge in [-0.15, -0.1) is 6.58 Å². The van der Waals surface area contributed by atoms with Gasteiger partial charge in [-0.05, 0) is 12.3 Å². The average molecular weight is 214 g/mol. The first kappa shape index (κ1) is 13.6. The molecule has 15 heavy (non-hydrogen) atoms. The van der Waals surface area contributed by atoms with E-state index in [0.717, 1.165) is 0 Å². The lowest BCUT2D eigenvalue weighted by Crippen LogP contribution is -2.50. The summed E-state index contributed by atoms with van der Waals surface area (Å²) in [5.41, 5.74) is 5.57. The summed E-state index contributed by atoms with van der Waals surface area (Å²) in [5.74, 6) is -1.55. The number of carboxylic acid groups (broad SMARTS) is 1. The van der Waals surface area contributed by atoms with Crippen molar-refractivity contribution in [2.75, 3.05) is 0 Å². The predicted octanol–water partition coefficient (Wildman–Crippen LogP) is 0.115. The minimum atomic E-state index is -1.08. The Kier molecular flexibility index (Phi) is 5.62. The van der Waals surface area contributed by atoms with E-state index in [2.05, 4.69) is 11.9 Å². The Morgan fingerprint density at radius 1 is 1.53 bits per heavy atom. The summed E-state index contributed by atoms with van der Waals surface area (Å²) < 4.78 is 0. The molecule has 1 amide bonds. The Labute approximate surface area is 89.3 Å². The highest BCUT2D eigenvalue weighted by atomic mass is 16.4. The Hall–Kier alpha value is -1.36. The summed E-state index contributed by atoms with van der Waals surface area (Å²) in [6.07, 6.45) is 1.63. The summed E-state index contributed by atoms with van der Waals surface area (Å²) >= 11 is 0. The molecule has 0 rings (SSSR count). The van der Waals surface area contributed by atoms with Crippen LogP contribution in [0.2, 0.25) is 0 Å². The largest absolute Gasteiger partial charge is 0.480 e. The number of carboxylic acids is 1. The van der Waals surface area contributed by atoms with Gasteiger partial charge in [-0.2, -0.15) is 0 Å². The molecule has 2 atom stereocenters. The zero-order valence-electron chi connectivity index (χ0n) is 9.06. The van der Waals surface area contributed by atoms with Crippen molar-refractivity contribution in [3.05, 3.63) is 12.7 Å². The van der Waals surface area contributed by atoms with Crippen LogP contribution < -0.4 is 11.1 Å². The molecule has 0 radical (unpaired) electrons. The summed E-state index contributed by atoms with van der Waals surface area (Å²) in [4.78, 5) is 22.2. The molecule has 2 unspecified atom stereocenters. The number of hydrogen-bond donors (Lipinski definition) is 3. The highest BCUT2D eigenvalue weighted by Gasteiger charge is 2.23. The number of hydrogen-bond acceptors (Lipinski definition) is 3. The van der Waals surface area contributed by atoms with Crippen molar-refractivity contribution < 1.29 is 14.7 Å². The Balaban J connectivity index is 4.34. The molecule has 0 aromatic heterocycles. The van der Waals surface area contributed by atoms with E-state index in [9.17, 15) is 9.59 Å². The molecule has 4 N–H and O–H groups in total. The maximum Gasteiger partial charge on any atom is 0.326 e. The van der Waals surface area contributed by atoms with Crippen LogP contribution in [0.1, 0.15) is 20.3 Å². The summed E-state index contributed by atoms with van der Waals surface area (Å²) in [6.45, 7) is 7.02. The summed E-state index contributed by atoms with van der Waals surface area (Å²) in [5, 5.41) is 11.1. The zero-order valence-corrected chi connectivity index (χ0v) is 9.06. The van der Waals surface area contributed by atoms with Gasteiger partial charge >= 0.3 is 5.97 Å². The van der Waals surface area contributed by atoms with Gasteiger partial charge in [0.25, 0.3) is 0 Å². The monoisotopic (exact) mass is 214 g/mol. The molecule has 0 aliphatic carbocycles. The number of rotatable bonds is 6. The second kappa shape index (κ2) is 6.19.